The Balaban J connectivity index is 1.71. The molecule has 4 aromatic rings. The minimum Gasteiger partial charge on any atom is -0.451 e. The molecular weight excluding hydrogens is 338 g/mol. The SMILES string of the molecule is C[C@H](c1ccccc1)N(Cc1nccn1C)C(=O)c1cc2ccccc2o1. The molecule has 4 rings (SSSR count). The van der Waals surface area contributed by atoms with E-state index in [1.54, 1.807) is 17.2 Å². The van der Waals surface area contributed by atoms with Gasteiger partial charge in [0.25, 0.3) is 5.91 Å². The highest BCUT2D eigenvalue weighted by atomic mass is 16.3. The monoisotopic (exact) mass is 359 g/mol. The van der Waals surface area contributed by atoms with Crippen LogP contribution in [0.15, 0.2) is 77.5 Å². The maximum absolute atomic E-state index is 13.4. The molecule has 1 atom stereocenters. The van der Waals surface area contributed by atoms with Crippen molar-refractivity contribution >= 4 is 16.9 Å². The smallest absolute Gasteiger partial charge is 0.290 e. The van der Waals surface area contributed by atoms with E-state index in [0.29, 0.717) is 17.9 Å². The van der Waals surface area contributed by atoms with E-state index in [2.05, 4.69) is 4.98 Å². The van der Waals surface area contributed by atoms with Crippen LogP contribution in [0.2, 0.25) is 0 Å². The fraction of sp³-hybridized carbons (Fsp3) is 0.182. The van der Waals surface area contributed by atoms with E-state index in [1.807, 2.05) is 79.3 Å². The zero-order chi connectivity index (χ0) is 18.8. The number of furan rings is 1. The third-order valence-electron chi connectivity index (χ3n) is 4.88. The van der Waals surface area contributed by atoms with Gasteiger partial charge < -0.3 is 13.9 Å². The lowest BCUT2D eigenvalue weighted by molar-refractivity contribution is 0.0636. The molecule has 0 spiro atoms. The molecule has 5 nitrogen and oxygen atoms in total. The Labute approximate surface area is 157 Å². The molecule has 0 aliphatic carbocycles. The van der Waals surface area contributed by atoms with E-state index < -0.39 is 0 Å². The number of aromatic nitrogens is 2. The van der Waals surface area contributed by atoms with Crippen molar-refractivity contribution in [1.82, 2.24) is 14.5 Å². The molecule has 0 unspecified atom stereocenters. The highest BCUT2D eigenvalue weighted by molar-refractivity contribution is 5.96. The van der Waals surface area contributed by atoms with E-state index >= 15 is 0 Å². The summed E-state index contributed by atoms with van der Waals surface area (Å²) < 4.78 is 7.76. The Morgan fingerprint density at radius 1 is 1.15 bits per heavy atom. The Morgan fingerprint density at radius 2 is 1.89 bits per heavy atom. The van der Waals surface area contributed by atoms with Gasteiger partial charge in [-0.15, -0.1) is 0 Å². The molecule has 5 heteroatoms. The number of nitrogens with zero attached hydrogens (tertiary/aromatic N) is 3. The molecule has 2 aromatic carbocycles. The zero-order valence-electron chi connectivity index (χ0n) is 15.4. The molecule has 2 aromatic heterocycles. The van der Waals surface area contributed by atoms with Crippen LogP contribution in [-0.2, 0) is 13.6 Å². The predicted octanol–water partition coefficient (Wildman–Crippen LogP) is 4.57. The van der Waals surface area contributed by atoms with Gasteiger partial charge in [-0.25, -0.2) is 4.98 Å². The van der Waals surface area contributed by atoms with E-state index in [1.165, 1.54) is 0 Å². The number of fused-ring (bicyclic) bond motifs is 1. The van der Waals surface area contributed by atoms with Crippen LogP contribution >= 0.6 is 0 Å². The van der Waals surface area contributed by atoms with Crippen LogP contribution in [0.3, 0.4) is 0 Å². The summed E-state index contributed by atoms with van der Waals surface area (Å²) in [7, 11) is 1.93. The quantitative estimate of drug-likeness (QED) is 0.524. The Hall–Kier alpha value is -3.34. The molecule has 0 saturated heterocycles. The summed E-state index contributed by atoms with van der Waals surface area (Å²) in [6.45, 7) is 2.42. The van der Waals surface area contributed by atoms with E-state index in [-0.39, 0.29) is 11.9 Å². The maximum Gasteiger partial charge on any atom is 0.290 e. The van der Waals surface area contributed by atoms with Gasteiger partial charge in [0, 0.05) is 24.8 Å². The third kappa shape index (κ3) is 3.36. The molecule has 27 heavy (non-hydrogen) atoms. The fourth-order valence-corrected chi connectivity index (χ4v) is 3.23. The average Bonchev–Trinajstić information content (AvgIpc) is 3.31. The number of amides is 1. The first-order valence-corrected chi connectivity index (χ1v) is 8.94. The zero-order valence-corrected chi connectivity index (χ0v) is 15.4. The molecular formula is C22H21N3O2. The lowest BCUT2D eigenvalue weighted by Crippen LogP contribution is -2.33. The fourth-order valence-electron chi connectivity index (χ4n) is 3.23. The summed E-state index contributed by atoms with van der Waals surface area (Å²) in [6.07, 6.45) is 3.62. The summed E-state index contributed by atoms with van der Waals surface area (Å²) in [5.41, 5.74) is 1.78. The minimum atomic E-state index is -0.148. The molecule has 1 amide bonds. The molecule has 0 fully saturated rings. The van der Waals surface area contributed by atoms with Crippen LogP contribution in [0.1, 0.15) is 34.9 Å². The van der Waals surface area contributed by atoms with Crippen molar-refractivity contribution in [3.05, 3.63) is 90.2 Å². The number of benzene rings is 2. The van der Waals surface area contributed by atoms with Gasteiger partial charge in [0.1, 0.15) is 11.4 Å². The van der Waals surface area contributed by atoms with Crippen LogP contribution < -0.4 is 0 Å². The highest BCUT2D eigenvalue weighted by Gasteiger charge is 2.26. The Kier molecular flexibility index (Phi) is 4.50. The Morgan fingerprint density at radius 3 is 2.59 bits per heavy atom. The first-order valence-electron chi connectivity index (χ1n) is 8.94. The molecule has 0 radical (unpaired) electrons. The summed E-state index contributed by atoms with van der Waals surface area (Å²) >= 11 is 0. The summed E-state index contributed by atoms with van der Waals surface area (Å²) in [4.78, 5) is 19.6. The van der Waals surface area contributed by atoms with Crippen molar-refractivity contribution in [3.63, 3.8) is 0 Å². The number of carbonyl (C=O) groups excluding carboxylic acids is 1. The topological polar surface area (TPSA) is 51.3 Å². The van der Waals surface area contributed by atoms with Gasteiger partial charge in [0.05, 0.1) is 12.6 Å². The number of aryl methyl sites for hydroxylation is 1. The standard InChI is InChI=1S/C22H21N3O2/c1-16(17-8-4-3-5-9-17)25(15-21-23-12-13-24(21)2)22(26)20-14-18-10-6-7-11-19(18)27-20/h3-14,16H,15H2,1-2H3/t16-/m1/s1. The first kappa shape index (κ1) is 17.1. The predicted molar refractivity (Wildman–Crippen MR) is 104 cm³/mol. The minimum absolute atomic E-state index is 0.122. The largest absolute Gasteiger partial charge is 0.451 e. The van der Waals surface area contributed by atoms with Gasteiger partial charge in [0.15, 0.2) is 5.76 Å². The van der Waals surface area contributed by atoms with E-state index in [4.69, 9.17) is 4.42 Å². The van der Waals surface area contributed by atoms with Gasteiger partial charge in [-0.1, -0.05) is 48.5 Å². The molecule has 0 aliphatic rings. The van der Waals surface area contributed by atoms with E-state index in [0.717, 1.165) is 16.8 Å². The van der Waals surface area contributed by atoms with Crippen LogP contribution in [0.5, 0.6) is 0 Å². The number of para-hydroxylation sites is 1. The number of hydrogen-bond donors (Lipinski definition) is 0. The van der Waals surface area contributed by atoms with Gasteiger partial charge in [-0.2, -0.15) is 0 Å². The van der Waals surface area contributed by atoms with Crippen LogP contribution in [0, 0.1) is 0 Å². The molecule has 0 N–H and O–H groups in total. The molecule has 0 aliphatic heterocycles. The number of imidazole rings is 1. The van der Waals surface area contributed by atoms with Crippen molar-refractivity contribution in [2.24, 2.45) is 7.05 Å². The van der Waals surface area contributed by atoms with E-state index in [9.17, 15) is 4.79 Å². The number of rotatable bonds is 5. The van der Waals surface area contributed by atoms with Gasteiger partial charge in [-0.3, -0.25) is 4.79 Å². The van der Waals surface area contributed by atoms with Crippen molar-refractivity contribution in [1.29, 1.82) is 0 Å². The summed E-state index contributed by atoms with van der Waals surface area (Å²) in [6, 6.07) is 19.3. The normalized spacial score (nSPS) is 12.2. The second kappa shape index (κ2) is 7.11. The lowest BCUT2D eigenvalue weighted by Gasteiger charge is -2.28. The second-order valence-electron chi connectivity index (χ2n) is 6.62. The molecule has 2 heterocycles. The Bertz CT molecular complexity index is 1030. The highest BCUT2D eigenvalue weighted by Crippen LogP contribution is 2.27. The number of carbonyl (C=O) groups is 1. The van der Waals surface area contributed by atoms with Crippen LogP contribution in [-0.4, -0.2) is 20.4 Å². The van der Waals surface area contributed by atoms with Crippen molar-refractivity contribution < 1.29 is 9.21 Å². The maximum atomic E-state index is 13.4. The van der Waals surface area contributed by atoms with Crippen molar-refractivity contribution in [2.45, 2.75) is 19.5 Å². The lowest BCUT2D eigenvalue weighted by atomic mass is 10.1. The number of hydrogen-bond acceptors (Lipinski definition) is 3. The molecule has 0 saturated carbocycles. The second-order valence-corrected chi connectivity index (χ2v) is 6.62. The first-order chi connectivity index (χ1) is 13.1. The summed E-state index contributed by atoms with van der Waals surface area (Å²) in [5, 5.41) is 0.921. The van der Waals surface area contributed by atoms with Gasteiger partial charge in [0.2, 0.25) is 0 Å². The summed E-state index contributed by atoms with van der Waals surface area (Å²) in [5.74, 6) is 1.01. The third-order valence-corrected chi connectivity index (χ3v) is 4.88. The van der Waals surface area contributed by atoms with Crippen LogP contribution in [0.4, 0.5) is 0 Å². The van der Waals surface area contributed by atoms with Crippen LogP contribution in [0.25, 0.3) is 11.0 Å². The molecule has 136 valence electrons. The average molecular weight is 359 g/mol. The molecule has 0 bridgehead atoms. The van der Waals surface area contributed by atoms with Gasteiger partial charge in [-0.05, 0) is 24.6 Å². The van der Waals surface area contributed by atoms with Crippen molar-refractivity contribution in [2.75, 3.05) is 0 Å². The van der Waals surface area contributed by atoms with Crippen molar-refractivity contribution in [3.8, 4) is 0 Å². The van der Waals surface area contributed by atoms with Gasteiger partial charge >= 0.3 is 0 Å².